The lowest BCUT2D eigenvalue weighted by molar-refractivity contribution is 0.178. The van der Waals surface area contributed by atoms with Crippen LogP contribution in [0.5, 0.6) is 5.75 Å². The number of rotatable bonds is 1. The zero-order chi connectivity index (χ0) is 10.9. The van der Waals surface area contributed by atoms with Crippen LogP contribution in [-0.4, -0.2) is 14.0 Å². The number of benzene rings is 1. The summed E-state index contributed by atoms with van der Waals surface area (Å²) in [6.45, 7) is 0. The average Bonchev–Trinajstić information content (AvgIpc) is 2.06. The standard InChI is InChI=1S/C8H8Cl3NO2/c9-8(10,11)7(14)5-3-4(12)1-2-6(5)13/h1-3,7,13-14H,12H2. The third-order valence-corrected chi connectivity index (χ3v) is 2.28. The molecule has 0 spiro atoms. The highest BCUT2D eigenvalue weighted by Gasteiger charge is 2.33. The molecule has 0 bridgehead atoms. The van der Waals surface area contributed by atoms with E-state index in [2.05, 4.69) is 0 Å². The smallest absolute Gasteiger partial charge is 0.220 e. The predicted molar refractivity (Wildman–Crippen MR) is 57.8 cm³/mol. The van der Waals surface area contributed by atoms with Gasteiger partial charge in [-0.3, -0.25) is 0 Å². The number of nitrogens with two attached hydrogens (primary N) is 1. The number of nitrogen functional groups attached to an aromatic ring is 1. The first-order chi connectivity index (χ1) is 6.32. The van der Waals surface area contributed by atoms with Crippen LogP contribution in [0.3, 0.4) is 0 Å². The average molecular weight is 257 g/mol. The lowest BCUT2D eigenvalue weighted by atomic mass is 10.1. The minimum Gasteiger partial charge on any atom is -0.508 e. The van der Waals surface area contributed by atoms with Crippen LogP contribution in [0.15, 0.2) is 18.2 Å². The van der Waals surface area contributed by atoms with E-state index in [0.717, 1.165) is 0 Å². The molecule has 0 aliphatic rings. The molecule has 1 aromatic carbocycles. The fraction of sp³-hybridized carbons (Fsp3) is 0.250. The maximum absolute atomic E-state index is 9.55. The Kier molecular flexibility index (Phi) is 3.37. The van der Waals surface area contributed by atoms with Crippen molar-refractivity contribution in [1.29, 1.82) is 0 Å². The van der Waals surface area contributed by atoms with Crippen LogP contribution in [0.2, 0.25) is 0 Å². The first-order valence-electron chi connectivity index (χ1n) is 3.65. The highest BCUT2D eigenvalue weighted by molar-refractivity contribution is 6.68. The number of halogens is 3. The molecule has 6 heteroatoms. The zero-order valence-corrected chi connectivity index (χ0v) is 9.18. The second-order valence-electron chi connectivity index (χ2n) is 2.76. The number of aliphatic hydroxyl groups excluding tert-OH is 1. The van der Waals surface area contributed by atoms with Crippen LogP contribution in [0.25, 0.3) is 0 Å². The Labute approximate surface area is 96.0 Å². The molecule has 1 rings (SSSR count). The van der Waals surface area contributed by atoms with Gasteiger partial charge in [-0.05, 0) is 18.2 Å². The second kappa shape index (κ2) is 4.03. The number of hydrogen-bond acceptors (Lipinski definition) is 3. The molecule has 0 saturated heterocycles. The van der Waals surface area contributed by atoms with Gasteiger partial charge in [0.25, 0.3) is 0 Å². The Morgan fingerprint density at radius 3 is 2.36 bits per heavy atom. The maximum Gasteiger partial charge on any atom is 0.220 e. The summed E-state index contributed by atoms with van der Waals surface area (Å²) >= 11 is 16.4. The monoisotopic (exact) mass is 255 g/mol. The quantitative estimate of drug-likeness (QED) is 0.410. The number of anilines is 1. The van der Waals surface area contributed by atoms with Crippen LogP contribution >= 0.6 is 34.8 Å². The van der Waals surface area contributed by atoms with Crippen molar-refractivity contribution in [3.8, 4) is 5.75 Å². The van der Waals surface area contributed by atoms with E-state index in [-0.39, 0.29) is 11.3 Å². The van der Waals surface area contributed by atoms with Crippen molar-refractivity contribution in [3.05, 3.63) is 23.8 Å². The number of aliphatic hydroxyl groups is 1. The van der Waals surface area contributed by atoms with Crippen molar-refractivity contribution in [2.45, 2.75) is 9.90 Å². The van der Waals surface area contributed by atoms with Gasteiger partial charge in [-0.25, -0.2) is 0 Å². The van der Waals surface area contributed by atoms with Crippen LogP contribution in [0.4, 0.5) is 5.69 Å². The molecule has 1 unspecified atom stereocenters. The van der Waals surface area contributed by atoms with Crippen molar-refractivity contribution in [2.75, 3.05) is 5.73 Å². The van der Waals surface area contributed by atoms with E-state index in [0.29, 0.717) is 5.69 Å². The minimum atomic E-state index is -1.90. The lowest BCUT2D eigenvalue weighted by Crippen LogP contribution is -2.16. The Bertz CT molecular complexity index is 338. The maximum atomic E-state index is 9.55. The van der Waals surface area contributed by atoms with Gasteiger partial charge in [-0.1, -0.05) is 34.8 Å². The first-order valence-corrected chi connectivity index (χ1v) is 4.79. The van der Waals surface area contributed by atoms with Crippen LogP contribution in [-0.2, 0) is 0 Å². The van der Waals surface area contributed by atoms with Crippen molar-refractivity contribution >= 4 is 40.5 Å². The normalized spacial score (nSPS) is 14.0. The molecule has 0 saturated carbocycles. The van der Waals surface area contributed by atoms with Gasteiger partial charge in [0, 0.05) is 11.3 Å². The van der Waals surface area contributed by atoms with Crippen molar-refractivity contribution in [1.82, 2.24) is 0 Å². The number of phenols is 1. The van der Waals surface area contributed by atoms with Crippen LogP contribution in [0.1, 0.15) is 11.7 Å². The fourth-order valence-corrected chi connectivity index (χ4v) is 1.32. The predicted octanol–water partition coefficient (Wildman–Crippen LogP) is 2.38. The molecule has 78 valence electrons. The van der Waals surface area contributed by atoms with Gasteiger partial charge in [0.05, 0.1) is 0 Å². The van der Waals surface area contributed by atoms with E-state index < -0.39 is 9.90 Å². The Balaban J connectivity index is 3.12. The molecule has 0 radical (unpaired) electrons. The molecular weight excluding hydrogens is 248 g/mol. The first kappa shape index (κ1) is 11.7. The van der Waals surface area contributed by atoms with Crippen LogP contribution < -0.4 is 5.73 Å². The van der Waals surface area contributed by atoms with Crippen molar-refractivity contribution < 1.29 is 10.2 Å². The zero-order valence-electron chi connectivity index (χ0n) is 6.92. The lowest BCUT2D eigenvalue weighted by Gasteiger charge is -2.20. The number of alkyl halides is 3. The summed E-state index contributed by atoms with van der Waals surface area (Å²) in [6, 6.07) is 4.15. The highest BCUT2D eigenvalue weighted by atomic mass is 35.6. The molecule has 0 amide bonds. The van der Waals surface area contributed by atoms with Crippen molar-refractivity contribution in [2.24, 2.45) is 0 Å². The van der Waals surface area contributed by atoms with E-state index in [1.54, 1.807) is 0 Å². The van der Waals surface area contributed by atoms with Gasteiger partial charge in [-0.15, -0.1) is 0 Å². The molecule has 0 heterocycles. The molecule has 4 N–H and O–H groups in total. The summed E-state index contributed by atoms with van der Waals surface area (Å²) < 4.78 is -1.90. The summed E-state index contributed by atoms with van der Waals surface area (Å²) in [5.74, 6) is -0.168. The summed E-state index contributed by atoms with van der Waals surface area (Å²) in [4.78, 5) is 0. The third-order valence-electron chi connectivity index (χ3n) is 1.66. The second-order valence-corrected chi connectivity index (χ2v) is 5.13. The molecule has 0 fully saturated rings. The number of phenolic OH excluding ortho intramolecular Hbond substituents is 1. The molecule has 1 atom stereocenters. The van der Waals surface area contributed by atoms with Gasteiger partial charge >= 0.3 is 0 Å². The van der Waals surface area contributed by atoms with E-state index in [4.69, 9.17) is 40.5 Å². The van der Waals surface area contributed by atoms with E-state index >= 15 is 0 Å². The van der Waals surface area contributed by atoms with Gasteiger partial charge in [-0.2, -0.15) is 0 Å². The van der Waals surface area contributed by atoms with E-state index in [1.165, 1.54) is 18.2 Å². The van der Waals surface area contributed by atoms with E-state index in [9.17, 15) is 10.2 Å². The topological polar surface area (TPSA) is 66.5 Å². The summed E-state index contributed by atoms with van der Waals surface area (Å²) in [6.07, 6.45) is -1.42. The molecule has 0 aliphatic heterocycles. The summed E-state index contributed by atoms with van der Waals surface area (Å²) in [7, 11) is 0. The summed E-state index contributed by atoms with van der Waals surface area (Å²) in [5.41, 5.74) is 5.91. The van der Waals surface area contributed by atoms with Gasteiger partial charge in [0.15, 0.2) is 0 Å². The van der Waals surface area contributed by atoms with Gasteiger partial charge < -0.3 is 15.9 Å². The van der Waals surface area contributed by atoms with Gasteiger partial charge in [0.2, 0.25) is 3.79 Å². The molecule has 0 aliphatic carbocycles. The largest absolute Gasteiger partial charge is 0.508 e. The molecular formula is C8H8Cl3NO2. The van der Waals surface area contributed by atoms with Crippen LogP contribution in [0, 0.1) is 0 Å². The molecule has 14 heavy (non-hydrogen) atoms. The Morgan fingerprint density at radius 1 is 1.29 bits per heavy atom. The molecule has 1 aromatic rings. The van der Waals surface area contributed by atoms with Gasteiger partial charge in [0.1, 0.15) is 11.9 Å². The minimum absolute atomic E-state index is 0.0880. The Hall–Kier alpha value is -0.350. The fourth-order valence-electron chi connectivity index (χ4n) is 0.968. The Morgan fingerprint density at radius 2 is 1.86 bits per heavy atom. The number of hydrogen-bond donors (Lipinski definition) is 3. The SMILES string of the molecule is Nc1ccc(O)c(C(O)C(Cl)(Cl)Cl)c1. The third kappa shape index (κ3) is 2.58. The molecule has 0 aromatic heterocycles. The molecule has 3 nitrogen and oxygen atoms in total. The van der Waals surface area contributed by atoms with Crippen molar-refractivity contribution in [3.63, 3.8) is 0 Å². The van der Waals surface area contributed by atoms with E-state index in [1.807, 2.05) is 0 Å². The highest BCUT2D eigenvalue weighted by Crippen LogP contribution is 2.42. The number of aromatic hydroxyl groups is 1. The summed E-state index contributed by atoms with van der Waals surface area (Å²) in [5, 5.41) is 18.9.